The highest BCUT2D eigenvalue weighted by Gasteiger charge is 2.48. The number of hydrogen-bond acceptors (Lipinski definition) is 5. The predicted molar refractivity (Wildman–Crippen MR) is 138 cm³/mol. The summed E-state index contributed by atoms with van der Waals surface area (Å²) in [6, 6.07) is 11.3. The van der Waals surface area contributed by atoms with E-state index in [1.807, 2.05) is 30.3 Å². The Morgan fingerprint density at radius 1 is 1.02 bits per heavy atom. The highest BCUT2D eigenvalue weighted by molar-refractivity contribution is 5.96. The number of halogens is 4. The summed E-state index contributed by atoms with van der Waals surface area (Å²) in [7, 11) is 0. The van der Waals surface area contributed by atoms with Crippen molar-refractivity contribution in [2.75, 3.05) is 5.32 Å². The SMILES string of the molecule is Cc1nccc(C(F)(F)F)c1-c1ccc(NC(=O)[C@@H](NC(=O)OCc2ccccc2)C(C2CC2)C2CC2)nc1F. The molecule has 210 valence electrons. The van der Waals surface area contributed by atoms with Gasteiger partial charge in [-0.25, -0.2) is 9.78 Å². The average molecular weight is 557 g/mol. The molecule has 2 heterocycles. The zero-order valence-electron chi connectivity index (χ0n) is 21.7. The van der Waals surface area contributed by atoms with Crippen molar-refractivity contribution in [2.45, 2.75) is 51.4 Å². The summed E-state index contributed by atoms with van der Waals surface area (Å²) in [6.07, 6.45) is -0.694. The van der Waals surface area contributed by atoms with Crippen LogP contribution in [-0.2, 0) is 22.3 Å². The lowest BCUT2D eigenvalue weighted by Gasteiger charge is -2.27. The Bertz CT molecular complexity index is 1380. The molecule has 3 aromatic rings. The zero-order chi connectivity index (χ0) is 28.4. The summed E-state index contributed by atoms with van der Waals surface area (Å²) in [5.41, 5.74) is -1.06. The van der Waals surface area contributed by atoms with Crippen molar-refractivity contribution < 1.29 is 31.9 Å². The maximum Gasteiger partial charge on any atom is 0.417 e. The van der Waals surface area contributed by atoms with Crippen molar-refractivity contribution in [3.05, 3.63) is 77.5 Å². The Hall–Kier alpha value is -4.02. The van der Waals surface area contributed by atoms with Crippen molar-refractivity contribution in [1.82, 2.24) is 15.3 Å². The average Bonchev–Trinajstić information content (AvgIpc) is 3.83. The summed E-state index contributed by atoms with van der Waals surface area (Å²) in [6.45, 7) is 1.38. The maximum atomic E-state index is 15.1. The van der Waals surface area contributed by atoms with E-state index in [9.17, 15) is 22.8 Å². The molecule has 5 rings (SSSR count). The Labute approximate surface area is 228 Å². The Kier molecular flexibility index (Phi) is 7.73. The van der Waals surface area contributed by atoms with Crippen molar-refractivity contribution >= 4 is 17.8 Å². The predicted octanol–water partition coefficient (Wildman–Crippen LogP) is 6.28. The molecule has 40 heavy (non-hydrogen) atoms. The summed E-state index contributed by atoms with van der Waals surface area (Å²) < 4.78 is 61.2. The van der Waals surface area contributed by atoms with Gasteiger partial charge in [0.15, 0.2) is 0 Å². The van der Waals surface area contributed by atoms with E-state index in [2.05, 4.69) is 20.6 Å². The van der Waals surface area contributed by atoms with Gasteiger partial charge < -0.3 is 15.4 Å². The molecule has 0 unspecified atom stereocenters. The van der Waals surface area contributed by atoms with Gasteiger partial charge in [0.1, 0.15) is 18.5 Å². The molecule has 2 amide bonds. The summed E-state index contributed by atoms with van der Waals surface area (Å²) in [5, 5.41) is 5.25. The van der Waals surface area contributed by atoms with Gasteiger partial charge in [0.2, 0.25) is 11.9 Å². The number of nitrogens with one attached hydrogen (secondary N) is 2. The third kappa shape index (κ3) is 6.40. The number of aromatic nitrogens is 2. The lowest BCUT2D eigenvalue weighted by atomic mass is 9.89. The van der Waals surface area contributed by atoms with Gasteiger partial charge in [0.05, 0.1) is 5.56 Å². The van der Waals surface area contributed by atoms with E-state index in [1.54, 1.807) is 0 Å². The molecule has 7 nitrogen and oxygen atoms in total. The molecule has 0 bridgehead atoms. The number of aryl methyl sites for hydroxylation is 1. The van der Waals surface area contributed by atoms with Crippen molar-refractivity contribution in [2.24, 2.45) is 17.8 Å². The fourth-order valence-corrected chi connectivity index (χ4v) is 5.16. The van der Waals surface area contributed by atoms with Crippen LogP contribution in [0.1, 0.15) is 42.5 Å². The minimum atomic E-state index is -4.73. The summed E-state index contributed by atoms with van der Waals surface area (Å²) >= 11 is 0. The largest absolute Gasteiger partial charge is 0.445 e. The van der Waals surface area contributed by atoms with E-state index >= 15 is 4.39 Å². The van der Waals surface area contributed by atoms with Crippen molar-refractivity contribution in [1.29, 1.82) is 0 Å². The van der Waals surface area contributed by atoms with E-state index < -0.39 is 41.3 Å². The van der Waals surface area contributed by atoms with Gasteiger partial charge in [0.25, 0.3) is 0 Å². The lowest BCUT2D eigenvalue weighted by molar-refractivity contribution is -0.137. The molecule has 0 aliphatic heterocycles. The molecule has 2 N–H and O–H groups in total. The monoisotopic (exact) mass is 556 g/mol. The van der Waals surface area contributed by atoms with Gasteiger partial charge in [-0.15, -0.1) is 0 Å². The molecule has 11 heteroatoms. The fourth-order valence-electron chi connectivity index (χ4n) is 5.16. The number of pyridine rings is 2. The van der Waals surface area contributed by atoms with Crippen LogP contribution in [0.2, 0.25) is 0 Å². The number of nitrogens with zero attached hydrogens (tertiary/aromatic N) is 2. The lowest BCUT2D eigenvalue weighted by Crippen LogP contribution is -2.50. The van der Waals surface area contributed by atoms with Gasteiger partial charge >= 0.3 is 12.3 Å². The second-order valence-electron chi connectivity index (χ2n) is 10.3. The van der Waals surface area contributed by atoms with Gasteiger partial charge in [-0.1, -0.05) is 30.3 Å². The number of rotatable bonds is 9. The van der Waals surface area contributed by atoms with Crippen LogP contribution in [0.3, 0.4) is 0 Å². The van der Waals surface area contributed by atoms with Crippen LogP contribution in [0.5, 0.6) is 0 Å². The molecule has 1 aromatic carbocycles. The molecule has 2 fully saturated rings. The first kappa shape index (κ1) is 27.5. The fraction of sp³-hybridized carbons (Fsp3) is 0.379. The Morgan fingerprint density at radius 3 is 2.30 bits per heavy atom. The first-order valence-corrected chi connectivity index (χ1v) is 13.1. The molecular weight excluding hydrogens is 528 g/mol. The smallest absolute Gasteiger partial charge is 0.417 e. The number of carbonyl (C=O) groups is 2. The number of benzene rings is 1. The van der Waals surface area contributed by atoms with Crippen LogP contribution < -0.4 is 10.6 Å². The third-order valence-electron chi connectivity index (χ3n) is 7.30. The second kappa shape index (κ2) is 11.2. The maximum absolute atomic E-state index is 15.1. The first-order chi connectivity index (χ1) is 19.1. The molecule has 2 saturated carbocycles. The normalized spacial score (nSPS) is 15.9. The van der Waals surface area contributed by atoms with Crippen LogP contribution in [0.15, 0.2) is 54.7 Å². The number of alkyl carbamates (subject to hydrolysis) is 1. The molecule has 0 radical (unpaired) electrons. The third-order valence-corrected chi connectivity index (χ3v) is 7.30. The van der Waals surface area contributed by atoms with Gasteiger partial charge in [0, 0.05) is 23.0 Å². The zero-order valence-corrected chi connectivity index (χ0v) is 21.7. The van der Waals surface area contributed by atoms with E-state index in [1.165, 1.54) is 13.0 Å². The standard InChI is InChI=1S/C29H28F4N4O3/c1-16-23(21(13-14-34-16)29(31,32)33)20-11-12-22(35-26(20)30)36-27(38)25(24(18-7-8-18)19-9-10-19)37-28(39)40-15-17-5-3-2-4-6-17/h2-6,11-14,18-19,24-25H,7-10,15H2,1H3,(H,37,39)(H,35,36,38)/t25-/m0/s1. The first-order valence-electron chi connectivity index (χ1n) is 13.1. The minimum absolute atomic E-state index is 0.0118. The van der Waals surface area contributed by atoms with E-state index in [4.69, 9.17) is 4.74 Å². The minimum Gasteiger partial charge on any atom is -0.445 e. The molecular formula is C29H28F4N4O3. The van der Waals surface area contributed by atoms with E-state index in [-0.39, 0.29) is 41.4 Å². The molecule has 1 atom stereocenters. The van der Waals surface area contributed by atoms with Crippen molar-refractivity contribution in [3.8, 4) is 11.1 Å². The number of ether oxygens (including phenoxy) is 1. The van der Waals surface area contributed by atoms with Crippen LogP contribution in [-0.4, -0.2) is 28.0 Å². The van der Waals surface area contributed by atoms with Crippen LogP contribution in [0, 0.1) is 30.6 Å². The number of anilines is 1. The number of hydrogen-bond donors (Lipinski definition) is 2. The van der Waals surface area contributed by atoms with Gasteiger partial charge in [-0.3, -0.25) is 9.78 Å². The van der Waals surface area contributed by atoms with E-state index in [0.29, 0.717) is 0 Å². The molecule has 0 spiro atoms. The number of carbonyl (C=O) groups excluding carboxylic acids is 2. The summed E-state index contributed by atoms with van der Waals surface area (Å²) in [4.78, 5) is 33.7. The highest BCUT2D eigenvalue weighted by atomic mass is 19.4. The van der Waals surface area contributed by atoms with E-state index in [0.717, 1.165) is 49.6 Å². The summed E-state index contributed by atoms with van der Waals surface area (Å²) in [5.74, 6) is -1.52. The van der Waals surface area contributed by atoms with Crippen LogP contribution in [0.25, 0.3) is 11.1 Å². The quantitative estimate of drug-likeness (QED) is 0.239. The molecule has 2 aromatic heterocycles. The topological polar surface area (TPSA) is 93.2 Å². The van der Waals surface area contributed by atoms with Gasteiger partial charge in [-0.05, 0) is 74.1 Å². The number of amides is 2. The van der Waals surface area contributed by atoms with Crippen LogP contribution in [0.4, 0.5) is 28.2 Å². The van der Waals surface area contributed by atoms with Gasteiger partial charge in [-0.2, -0.15) is 17.6 Å². The van der Waals surface area contributed by atoms with Crippen molar-refractivity contribution in [3.63, 3.8) is 0 Å². The molecule has 2 aliphatic carbocycles. The Balaban J connectivity index is 1.34. The second-order valence-corrected chi connectivity index (χ2v) is 10.3. The highest BCUT2D eigenvalue weighted by Crippen LogP contribution is 2.51. The van der Waals surface area contributed by atoms with Crippen LogP contribution >= 0.6 is 0 Å². The number of alkyl halides is 3. The Morgan fingerprint density at radius 2 is 1.70 bits per heavy atom. The molecule has 2 aliphatic rings. The molecule has 0 saturated heterocycles.